The van der Waals surface area contributed by atoms with Crippen LogP contribution in [0.1, 0.15) is 41.0 Å². The lowest BCUT2D eigenvalue weighted by atomic mass is 10.0. The maximum absolute atomic E-state index is 12.7. The number of pyridine rings is 1. The van der Waals surface area contributed by atoms with E-state index in [1.807, 2.05) is 55.5 Å². The monoisotopic (exact) mass is 421 g/mol. The van der Waals surface area contributed by atoms with Crippen molar-refractivity contribution >= 4 is 23.4 Å². The number of amides is 2. The van der Waals surface area contributed by atoms with Crippen molar-refractivity contribution in [2.24, 2.45) is 0 Å². The highest BCUT2D eigenvalue weighted by atomic mass is 35.5. The standard InChI is InChI=1S/C24H24ClN3O2/c1-17(27-24(30)19-7-3-2-4-8-19)15-23(29)28-22(21-9-5-6-14-26-21)16-18-10-12-20(25)13-11-18/h2-14,17,22H,15-16H2,1H3,(H,27,30)(H,28,29)/t17-,22+/m1/s1. The molecule has 0 bridgehead atoms. The molecular formula is C24H24ClN3O2. The van der Waals surface area contributed by atoms with Crippen molar-refractivity contribution in [3.63, 3.8) is 0 Å². The highest BCUT2D eigenvalue weighted by Gasteiger charge is 2.19. The fourth-order valence-electron chi connectivity index (χ4n) is 3.15. The first-order valence-electron chi connectivity index (χ1n) is 9.82. The average Bonchev–Trinajstić information content (AvgIpc) is 2.76. The average molecular weight is 422 g/mol. The van der Waals surface area contributed by atoms with Crippen molar-refractivity contribution < 1.29 is 9.59 Å². The number of halogens is 1. The van der Waals surface area contributed by atoms with E-state index in [-0.39, 0.29) is 30.3 Å². The number of rotatable bonds is 8. The molecule has 154 valence electrons. The number of aromatic nitrogens is 1. The zero-order chi connectivity index (χ0) is 21.3. The van der Waals surface area contributed by atoms with Crippen LogP contribution < -0.4 is 10.6 Å². The van der Waals surface area contributed by atoms with Gasteiger partial charge in [-0.1, -0.05) is 48.0 Å². The quantitative estimate of drug-likeness (QED) is 0.568. The highest BCUT2D eigenvalue weighted by molar-refractivity contribution is 6.30. The van der Waals surface area contributed by atoms with Gasteiger partial charge in [0.1, 0.15) is 0 Å². The number of nitrogens with one attached hydrogen (secondary N) is 2. The topological polar surface area (TPSA) is 71.1 Å². The molecule has 2 atom stereocenters. The molecule has 0 unspecified atom stereocenters. The van der Waals surface area contributed by atoms with E-state index in [1.165, 1.54) is 0 Å². The van der Waals surface area contributed by atoms with Gasteiger partial charge in [-0.25, -0.2) is 0 Å². The van der Waals surface area contributed by atoms with Crippen molar-refractivity contribution in [1.29, 1.82) is 0 Å². The van der Waals surface area contributed by atoms with E-state index in [2.05, 4.69) is 15.6 Å². The summed E-state index contributed by atoms with van der Waals surface area (Å²) in [6, 6.07) is 21.5. The Kier molecular flexibility index (Phi) is 7.57. The smallest absolute Gasteiger partial charge is 0.251 e. The number of carbonyl (C=O) groups excluding carboxylic acids is 2. The van der Waals surface area contributed by atoms with Crippen LogP contribution in [0.5, 0.6) is 0 Å². The molecule has 2 aromatic carbocycles. The maximum atomic E-state index is 12.7. The molecule has 1 heterocycles. The molecule has 0 saturated carbocycles. The van der Waals surface area contributed by atoms with Gasteiger partial charge in [-0.05, 0) is 55.3 Å². The molecule has 2 amide bonds. The van der Waals surface area contributed by atoms with Crippen LogP contribution in [-0.2, 0) is 11.2 Å². The van der Waals surface area contributed by atoms with E-state index in [1.54, 1.807) is 30.5 Å². The summed E-state index contributed by atoms with van der Waals surface area (Å²) in [5, 5.41) is 6.59. The summed E-state index contributed by atoms with van der Waals surface area (Å²) in [5.74, 6) is -0.348. The Bertz CT molecular complexity index is 963. The Balaban J connectivity index is 1.62. The molecule has 1 aromatic heterocycles. The minimum Gasteiger partial charge on any atom is -0.349 e. The summed E-state index contributed by atoms with van der Waals surface area (Å²) in [6.45, 7) is 1.81. The van der Waals surface area contributed by atoms with E-state index >= 15 is 0 Å². The van der Waals surface area contributed by atoms with Crippen LogP contribution in [0, 0.1) is 0 Å². The van der Waals surface area contributed by atoms with Gasteiger partial charge in [0.05, 0.1) is 11.7 Å². The van der Waals surface area contributed by atoms with Gasteiger partial charge in [0, 0.05) is 29.2 Å². The van der Waals surface area contributed by atoms with E-state index in [0.29, 0.717) is 17.0 Å². The normalized spacial score (nSPS) is 12.6. The molecule has 6 heteroatoms. The Hall–Kier alpha value is -3.18. The molecule has 0 aliphatic heterocycles. The number of carbonyl (C=O) groups is 2. The van der Waals surface area contributed by atoms with Crippen molar-refractivity contribution in [1.82, 2.24) is 15.6 Å². The van der Waals surface area contributed by atoms with E-state index in [0.717, 1.165) is 11.3 Å². The summed E-state index contributed by atoms with van der Waals surface area (Å²) in [7, 11) is 0. The Labute approximate surface area is 181 Å². The molecule has 0 fully saturated rings. The molecule has 30 heavy (non-hydrogen) atoms. The van der Waals surface area contributed by atoms with E-state index in [9.17, 15) is 9.59 Å². The van der Waals surface area contributed by atoms with E-state index in [4.69, 9.17) is 11.6 Å². The largest absolute Gasteiger partial charge is 0.349 e. The van der Waals surface area contributed by atoms with Gasteiger partial charge in [0.25, 0.3) is 5.91 Å². The summed E-state index contributed by atoms with van der Waals surface area (Å²) in [4.78, 5) is 29.4. The van der Waals surface area contributed by atoms with E-state index < -0.39 is 0 Å². The number of benzene rings is 2. The summed E-state index contributed by atoms with van der Waals surface area (Å²) < 4.78 is 0. The van der Waals surface area contributed by atoms with Crippen molar-refractivity contribution in [2.45, 2.75) is 31.8 Å². The van der Waals surface area contributed by atoms with Crippen LogP contribution in [0.25, 0.3) is 0 Å². The molecule has 0 aliphatic carbocycles. The Morgan fingerprint density at radius 3 is 2.30 bits per heavy atom. The first-order valence-corrected chi connectivity index (χ1v) is 10.2. The van der Waals surface area contributed by atoms with Gasteiger partial charge in [-0.3, -0.25) is 14.6 Å². The molecule has 3 rings (SSSR count). The minimum absolute atomic E-state index is 0.152. The van der Waals surface area contributed by atoms with Gasteiger partial charge in [-0.15, -0.1) is 0 Å². The molecule has 0 aliphatic rings. The molecule has 0 saturated heterocycles. The molecule has 3 aromatic rings. The molecule has 0 radical (unpaired) electrons. The highest BCUT2D eigenvalue weighted by Crippen LogP contribution is 2.19. The molecule has 5 nitrogen and oxygen atoms in total. The molecule has 0 spiro atoms. The van der Waals surface area contributed by atoms with Crippen molar-refractivity contribution in [3.8, 4) is 0 Å². The van der Waals surface area contributed by atoms with Gasteiger partial charge < -0.3 is 10.6 Å². The Morgan fingerprint density at radius 1 is 0.933 bits per heavy atom. The van der Waals surface area contributed by atoms with Crippen LogP contribution >= 0.6 is 11.6 Å². The third-order valence-corrected chi connectivity index (χ3v) is 4.89. The third-order valence-electron chi connectivity index (χ3n) is 4.64. The van der Waals surface area contributed by atoms with Crippen LogP contribution in [0.15, 0.2) is 79.0 Å². The summed E-state index contributed by atoms with van der Waals surface area (Å²) in [6.07, 6.45) is 2.46. The van der Waals surface area contributed by atoms with Crippen LogP contribution in [0.3, 0.4) is 0 Å². The second-order valence-electron chi connectivity index (χ2n) is 7.15. The zero-order valence-corrected chi connectivity index (χ0v) is 17.5. The summed E-state index contributed by atoms with van der Waals surface area (Å²) in [5.41, 5.74) is 2.39. The van der Waals surface area contributed by atoms with Crippen LogP contribution in [0.2, 0.25) is 5.02 Å². The third kappa shape index (κ3) is 6.42. The summed E-state index contributed by atoms with van der Waals surface area (Å²) >= 11 is 5.98. The SMILES string of the molecule is C[C@H](CC(=O)N[C@@H](Cc1ccc(Cl)cc1)c1ccccn1)NC(=O)c1ccccc1. The van der Waals surface area contributed by atoms with Gasteiger partial charge in [-0.2, -0.15) is 0 Å². The number of nitrogens with zero attached hydrogens (tertiary/aromatic N) is 1. The lowest BCUT2D eigenvalue weighted by Crippen LogP contribution is -2.38. The van der Waals surface area contributed by atoms with Gasteiger partial charge in [0.15, 0.2) is 0 Å². The first kappa shape index (κ1) is 21.5. The predicted molar refractivity (Wildman–Crippen MR) is 118 cm³/mol. The molecular weight excluding hydrogens is 398 g/mol. The van der Waals surface area contributed by atoms with Gasteiger partial charge in [0.2, 0.25) is 5.91 Å². The van der Waals surface area contributed by atoms with Crippen LogP contribution in [0.4, 0.5) is 0 Å². The zero-order valence-electron chi connectivity index (χ0n) is 16.7. The number of hydrogen-bond acceptors (Lipinski definition) is 3. The maximum Gasteiger partial charge on any atom is 0.251 e. The number of hydrogen-bond donors (Lipinski definition) is 2. The second kappa shape index (κ2) is 10.6. The molecule has 2 N–H and O–H groups in total. The van der Waals surface area contributed by atoms with Crippen LogP contribution in [-0.4, -0.2) is 22.8 Å². The van der Waals surface area contributed by atoms with Gasteiger partial charge >= 0.3 is 0 Å². The predicted octanol–water partition coefficient (Wildman–Crippen LogP) is 4.34. The fraction of sp³-hybridized carbons (Fsp3) is 0.208. The van der Waals surface area contributed by atoms with Crippen molar-refractivity contribution in [3.05, 3.63) is 101 Å². The lowest BCUT2D eigenvalue weighted by molar-refractivity contribution is -0.122. The first-order chi connectivity index (χ1) is 14.5. The van der Waals surface area contributed by atoms with Crippen molar-refractivity contribution in [2.75, 3.05) is 0 Å². The lowest BCUT2D eigenvalue weighted by Gasteiger charge is -2.20. The Morgan fingerprint density at radius 2 is 1.63 bits per heavy atom. The minimum atomic E-state index is -0.308. The second-order valence-corrected chi connectivity index (χ2v) is 7.59. The fourth-order valence-corrected chi connectivity index (χ4v) is 3.27.